The maximum Gasteiger partial charge on any atom is 0.328 e. The molecule has 3 aliphatic heterocycles. The number of urea groups is 1. The zero-order valence-electron chi connectivity index (χ0n) is 20.1. The first kappa shape index (κ1) is 25.0. The van der Waals surface area contributed by atoms with Crippen molar-refractivity contribution < 1.29 is 23.9 Å². The second-order valence-electron chi connectivity index (χ2n) is 8.97. The molecule has 2 fully saturated rings. The largest absolute Gasteiger partial charge is 0.488 e. The molecule has 5 heterocycles. The molecule has 2 saturated heterocycles. The quantitative estimate of drug-likeness (QED) is 0.567. The topological polar surface area (TPSA) is 138 Å². The van der Waals surface area contributed by atoms with Gasteiger partial charge in [-0.15, -0.1) is 0 Å². The summed E-state index contributed by atoms with van der Waals surface area (Å²) in [6.07, 6.45) is 4.37. The fraction of sp³-hybridized carbons (Fsp3) is 0.440. The zero-order chi connectivity index (χ0) is 25.8. The third-order valence-corrected chi connectivity index (χ3v) is 7.61. The van der Waals surface area contributed by atoms with Gasteiger partial charge in [-0.3, -0.25) is 19.8 Å². The number of ether oxygens (including phenoxy) is 2. The van der Waals surface area contributed by atoms with Gasteiger partial charge in [0, 0.05) is 37.0 Å². The van der Waals surface area contributed by atoms with Gasteiger partial charge in [-0.25, -0.2) is 14.8 Å². The monoisotopic (exact) mass is 522 g/mol. The predicted molar refractivity (Wildman–Crippen MR) is 136 cm³/mol. The Hall–Kier alpha value is -3.69. The smallest absolute Gasteiger partial charge is 0.328 e. The number of thioether (sulfide) groups is 1. The molecule has 0 bridgehead atoms. The van der Waals surface area contributed by atoms with E-state index in [1.165, 1.54) is 11.1 Å². The lowest BCUT2D eigenvalue weighted by atomic mass is 10.0. The van der Waals surface area contributed by atoms with E-state index in [0.29, 0.717) is 61.5 Å². The van der Waals surface area contributed by atoms with E-state index in [9.17, 15) is 19.6 Å². The lowest BCUT2D eigenvalue weighted by molar-refractivity contribution is -0.143. The molecule has 0 aliphatic carbocycles. The lowest BCUT2D eigenvalue weighted by Gasteiger charge is -2.30. The van der Waals surface area contributed by atoms with Crippen LogP contribution in [-0.2, 0) is 22.5 Å². The van der Waals surface area contributed by atoms with Crippen LogP contribution in [0.1, 0.15) is 40.0 Å². The molecule has 0 spiro atoms. The highest BCUT2D eigenvalue weighted by atomic mass is 32.2. The summed E-state index contributed by atoms with van der Waals surface area (Å²) in [5.74, 6) is 2.79. The average Bonchev–Trinajstić information content (AvgIpc) is 3.42. The van der Waals surface area contributed by atoms with Gasteiger partial charge in [-0.1, -0.05) is 0 Å². The van der Waals surface area contributed by atoms with Gasteiger partial charge in [-0.05, 0) is 36.6 Å². The van der Waals surface area contributed by atoms with Crippen molar-refractivity contribution in [2.45, 2.75) is 31.9 Å². The van der Waals surface area contributed by atoms with Gasteiger partial charge in [0.05, 0.1) is 12.8 Å². The Balaban J connectivity index is 1.35. The number of nitriles is 1. The number of nitrogens with zero attached hydrogens (tertiary/aromatic N) is 5. The van der Waals surface area contributed by atoms with E-state index in [2.05, 4.69) is 21.4 Å². The second-order valence-corrected chi connectivity index (χ2v) is 10.1. The number of carbonyl (C=O) groups excluding carboxylic acids is 3. The molecule has 12 heteroatoms. The molecular formula is C25H26N6O5S. The van der Waals surface area contributed by atoms with Crippen molar-refractivity contribution in [3.8, 4) is 11.8 Å². The minimum absolute atomic E-state index is 0.0185. The maximum atomic E-state index is 13.3. The fourth-order valence-corrected chi connectivity index (χ4v) is 5.65. The van der Waals surface area contributed by atoms with Gasteiger partial charge < -0.3 is 14.4 Å². The summed E-state index contributed by atoms with van der Waals surface area (Å²) in [7, 11) is 0. The van der Waals surface area contributed by atoms with E-state index >= 15 is 0 Å². The number of hydrogen-bond acceptors (Lipinski definition) is 9. The molecule has 192 valence electrons. The number of aromatic nitrogens is 2. The van der Waals surface area contributed by atoms with Crippen molar-refractivity contribution in [1.29, 1.82) is 5.26 Å². The molecule has 0 aromatic carbocycles. The number of rotatable bonds is 6. The number of anilines is 2. The van der Waals surface area contributed by atoms with Crippen molar-refractivity contribution in [2.75, 3.05) is 48.0 Å². The Labute approximate surface area is 218 Å². The molecule has 3 amide bonds. The predicted octanol–water partition coefficient (Wildman–Crippen LogP) is 2.39. The lowest BCUT2D eigenvalue weighted by Crippen LogP contribution is -2.42. The molecule has 2 aromatic heterocycles. The first-order chi connectivity index (χ1) is 18.1. The number of nitrogens with one attached hydrogen (secondary N) is 1. The Bertz CT molecular complexity index is 1260. The summed E-state index contributed by atoms with van der Waals surface area (Å²) >= 11 is 1.80. The number of hydrogen-bond donors (Lipinski definition) is 1. The number of amides is 3. The third-order valence-electron chi connectivity index (χ3n) is 6.48. The molecule has 0 radical (unpaired) electrons. The summed E-state index contributed by atoms with van der Waals surface area (Å²) in [6, 6.07) is 5.07. The highest BCUT2D eigenvalue weighted by molar-refractivity contribution is 7.99. The number of aldehydes is 1. The number of aryl methyl sites for hydroxylation is 1. The van der Waals surface area contributed by atoms with Gasteiger partial charge in [0.1, 0.15) is 47.4 Å². The van der Waals surface area contributed by atoms with Crippen molar-refractivity contribution >= 4 is 41.6 Å². The van der Waals surface area contributed by atoms with Crippen LogP contribution in [0.3, 0.4) is 0 Å². The molecule has 1 atom stereocenters. The molecular weight excluding hydrogens is 496 g/mol. The summed E-state index contributed by atoms with van der Waals surface area (Å²) in [6.45, 7) is 1.61. The van der Waals surface area contributed by atoms with E-state index in [4.69, 9.17) is 9.47 Å². The Kier molecular flexibility index (Phi) is 7.52. The van der Waals surface area contributed by atoms with E-state index in [-0.39, 0.29) is 36.7 Å². The van der Waals surface area contributed by atoms with Gasteiger partial charge in [0.2, 0.25) is 5.91 Å². The number of pyridine rings is 2. The maximum absolute atomic E-state index is 13.3. The van der Waals surface area contributed by atoms with Crippen LogP contribution < -0.4 is 15.0 Å². The average molecular weight is 523 g/mol. The first-order valence-corrected chi connectivity index (χ1v) is 13.3. The fourth-order valence-electron chi connectivity index (χ4n) is 4.56. The Morgan fingerprint density at radius 2 is 2.27 bits per heavy atom. The summed E-state index contributed by atoms with van der Waals surface area (Å²) in [5.41, 5.74) is 1.98. The zero-order valence-corrected chi connectivity index (χ0v) is 21.0. The van der Waals surface area contributed by atoms with Crippen LogP contribution in [0.4, 0.5) is 16.4 Å². The van der Waals surface area contributed by atoms with Crippen LogP contribution in [0.25, 0.3) is 0 Å². The Morgan fingerprint density at radius 1 is 1.38 bits per heavy atom. The van der Waals surface area contributed by atoms with Gasteiger partial charge in [0.15, 0.2) is 6.29 Å². The van der Waals surface area contributed by atoms with Crippen LogP contribution in [-0.4, -0.2) is 77.0 Å². The highest BCUT2D eigenvalue weighted by Crippen LogP contribution is 2.30. The standard InChI is InChI=1S/C25H26N6O5S/c26-10-18-11-27-22(9-21(18)36-19-3-7-37-15-19)29-25(34)31-4-1-2-16-8-17(20(13-32)28-24(16)31)12-30-5-6-35-14-23(30)33/h8-9,11,13,19H,1-7,12,14-15H2,(H,27,29,34). The SMILES string of the molecule is N#Cc1cnc(NC(=O)N2CCCc3cc(CN4CCOCC4=O)c(C=O)nc32)cc1OC1CCSC1. The number of carbonyl (C=O) groups is 3. The third kappa shape index (κ3) is 5.52. The van der Waals surface area contributed by atoms with Gasteiger partial charge in [0.25, 0.3) is 0 Å². The van der Waals surface area contributed by atoms with E-state index in [0.717, 1.165) is 23.5 Å². The van der Waals surface area contributed by atoms with Crippen molar-refractivity contribution in [3.05, 3.63) is 40.7 Å². The van der Waals surface area contributed by atoms with E-state index in [1.54, 1.807) is 22.7 Å². The molecule has 37 heavy (non-hydrogen) atoms. The molecule has 0 saturated carbocycles. The van der Waals surface area contributed by atoms with E-state index in [1.807, 2.05) is 6.07 Å². The van der Waals surface area contributed by atoms with Crippen molar-refractivity contribution in [3.63, 3.8) is 0 Å². The minimum atomic E-state index is -0.444. The summed E-state index contributed by atoms with van der Waals surface area (Å²) < 4.78 is 11.2. The molecule has 1 unspecified atom stereocenters. The van der Waals surface area contributed by atoms with Crippen LogP contribution in [0, 0.1) is 11.3 Å². The van der Waals surface area contributed by atoms with Gasteiger partial charge in [-0.2, -0.15) is 17.0 Å². The Morgan fingerprint density at radius 3 is 3.03 bits per heavy atom. The number of fused-ring (bicyclic) bond motifs is 1. The summed E-state index contributed by atoms with van der Waals surface area (Å²) in [5, 5.41) is 12.2. The van der Waals surface area contributed by atoms with Crippen LogP contribution in [0.5, 0.6) is 5.75 Å². The molecule has 1 N–H and O–H groups in total. The van der Waals surface area contributed by atoms with Crippen LogP contribution in [0.2, 0.25) is 0 Å². The normalized spacial score (nSPS) is 19.2. The summed E-state index contributed by atoms with van der Waals surface area (Å²) in [4.78, 5) is 49.2. The second kappa shape index (κ2) is 11.1. The molecule has 2 aromatic rings. The first-order valence-electron chi connectivity index (χ1n) is 12.1. The van der Waals surface area contributed by atoms with Gasteiger partial charge >= 0.3 is 6.03 Å². The molecule has 11 nitrogen and oxygen atoms in total. The minimum Gasteiger partial charge on any atom is -0.488 e. The van der Waals surface area contributed by atoms with Crippen LogP contribution >= 0.6 is 11.8 Å². The molecule has 5 rings (SSSR count). The van der Waals surface area contributed by atoms with E-state index < -0.39 is 6.03 Å². The van der Waals surface area contributed by atoms with Crippen LogP contribution in [0.15, 0.2) is 18.3 Å². The van der Waals surface area contributed by atoms with Crippen molar-refractivity contribution in [2.24, 2.45) is 0 Å². The highest BCUT2D eigenvalue weighted by Gasteiger charge is 2.28. The molecule has 3 aliphatic rings. The van der Waals surface area contributed by atoms with Crippen molar-refractivity contribution in [1.82, 2.24) is 14.9 Å². The number of morpholine rings is 1.